The van der Waals surface area contributed by atoms with E-state index in [4.69, 9.17) is 5.73 Å². The number of hydrogen-bond acceptors (Lipinski definition) is 4. The van der Waals surface area contributed by atoms with Crippen LogP contribution in [0.3, 0.4) is 0 Å². The molecule has 0 fully saturated rings. The van der Waals surface area contributed by atoms with Crippen molar-refractivity contribution in [3.63, 3.8) is 0 Å². The number of carbonyl (C=O) groups excluding carboxylic acids is 1. The lowest BCUT2D eigenvalue weighted by Gasteiger charge is -2.07. The van der Waals surface area contributed by atoms with Crippen LogP contribution in [-0.2, 0) is 11.0 Å². The fourth-order valence-corrected chi connectivity index (χ4v) is 1.22. The van der Waals surface area contributed by atoms with Crippen LogP contribution in [0.2, 0.25) is 0 Å². The number of carbonyl (C=O) groups is 1. The van der Waals surface area contributed by atoms with Crippen molar-refractivity contribution in [2.24, 2.45) is 5.73 Å². The third-order valence-corrected chi connectivity index (χ3v) is 2.11. The lowest BCUT2D eigenvalue weighted by Crippen LogP contribution is -2.12. The maximum Gasteiger partial charge on any atom is 0.435 e. The second kappa shape index (κ2) is 6.18. The molecule has 0 aromatic carbocycles. The number of aromatic nitrogens is 2. The number of amides is 1. The van der Waals surface area contributed by atoms with E-state index in [1.807, 2.05) is 0 Å². The predicted octanol–water partition coefficient (Wildman–Crippen LogP) is 1.56. The smallest absolute Gasteiger partial charge is 0.370 e. The zero-order chi connectivity index (χ0) is 13.6. The van der Waals surface area contributed by atoms with E-state index in [-0.39, 0.29) is 11.7 Å². The zero-order valence-electron chi connectivity index (χ0n) is 9.50. The van der Waals surface area contributed by atoms with Crippen molar-refractivity contribution in [3.05, 3.63) is 17.8 Å². The number of nitrogens with one attached hydrogen (secondary N) is 1. The van der Waals surface area contributed by atoms with Crippen LogP contribution in [-0.4, -0.2) is 22.6 Å². The van der Waals surface area contributed by atoms with Crippen LogP contribution in [0.1, 0.15) is 25.0 Å². The number of rotatable bonds is 6. The highest BCUT2D eigenvalue weighted by atomic mass is 19.4. The molecule has 18 heavy (non-hydrogen) atoms. The lowest BCUT2D eigenvalue weighted by molar-refractivity contribution is -0.141. The Morgan fingerprint density at radius 2 is 2.00 bits per heavy atom. The second-order valence-corrected chi connectivity index (χ2v) is 3.65. The van der Waals surface area contributed by atoms with Gasteiger partial charge < -0.3 is 11.1 Å². The van der Waals surface area contributed by atoms with Crippen molar-refractivity contribution in [1.29, 1.82) is 0 Å². The quantitative estimate of drug-likeness (QED) is 0.762. The largest absolute Gasteiger partial charge is 0.435 e. The summed E-state index contributed by atoms with van der Waals surface area (Å²) in [5.41, 5.74) is 3.93. The van der Waals surface area contributed by atoms with Crippen LogP contribution in [0.4, 0.5) is 19.0 Å². The van der Waals surface area contributed by atoms with E-state index in [2.05, 4.69) is 15.5 Å². The molecule has 0 aliphatic heterocycles. The molecule has 1 amide bonds. The Morgan fingerprint density at radius 1 is 1.28 bits per heavy atom. The summed E-state index contributed by atoms with van der Waals surface area (Å²) in [4.78, 5) is 10.4. The molecule has 0 saturated heterocycles. The van der Waals surface area contributed by atoms with Gasteiger partial charge in [0.2, 0.25) is 5.91 Å². The van der Waals surface area contributed by atoms with Gasteiger partial charge in [0.05, 0.1) is 0 Å². The molecule has 0 aliphatic rings. The topological polar surface area (TPSA) is 80.9 Å². The van der Waals surface area contributed by atoms with Gasteiger partial charge in [-0.15, -0.1) is 10.2 Å². The number of nitrogens with zero attached hydrogens (tertiary/aromatic N) is 2. The summed E-state index contributed by atoms with van der Waals surface area (Å²) in [7, 11) is 0. The van der Waals surface area contributed by atoms with E-state index < -0.39 is 11.9 Å². The number of anilines is 1. The van der Waals surface area contributed by atoms with E-state index >= 15 is 0 Å². The summed E-state index contributed by atoms with van der Waals surface area (Å²) >= 11 is 0. The minimum atomic E-state index is -4.48. The van der Waals surface area contributed by atoms with Crippen molar-refractivity contribution in [1.82, 2.24) is 10.2 Å². The molecule has 0 spiro atoms. The molecule has 0 atom stereocenters. The fraction of sp³-hybridized carbons (Fsp3) is 0.500. The van der Waals surface area contributed by atoms with Gasteiger partial charge in [-0.25, -0.2) is 0 Å². The van der Waals surface area contributed by atoms with E-state index in [1.165, 1.54) is 6.07 Å². The highest BCUT2D eigenvalue weighted by Crippen LogP contribution is 2.26. The van der Waals surface area contributed by atoms with Gasteiger partial charge in [0, 0.05) is 13.0 Å². The van der Waals surface area contributed by atoms with Crippen LogP contribution >= 0.6 is 0 Å². The number of halogens is 3. The van der Waals surface area contributed by atoms with Crippen LogP contribution < -0.4 is 11.1 Å². The Hall–Kier alpha value is -1.86. The number of primary amides is 1. The first kappa shape index (κ1) is 14.2. The van der Waals surface area contributed by atoms with Crippen molar-refractivity contribution < 1.29 is 18.0 Å². The first-order valence-electron chi connectivity index (χ1n) is 5.32. The molecular weight excluding hydrogens is 249 g/mol. The Bertz CT molecular complexity index is 391. The first-order chi connectivity index (χ1) is 8.39. The molecule has 5 nitrogen and oxygen atoms in total. The number of hydrogen-bond donors (Lipinski definition) is 2. The number of unbranched alkanes of at least 4 members (excludes halogenated alkanes) is 1. The summed E-state index contributed by atoms with van der Waals surface area (Å²) in [6, 6.07) is 2.07. The van der Waals surface area contributed by atoms with Crippen molar-refractivity contribution in [3.8, 4) is 0 Å². The molecule has 0 unspecified atom stereocenters. The SMILES string of the molecule is NC(=O)CCCCNc1ccc(C(F)(F)F)nn1. The molecule has 0 saturated carbocycles. The van der Waals surface area contributed by atoms with Gasteiger partial charge in [0.25, 0.3) is 0 Å². The lowest BCUT2D eigenvalue weighted by atomic mass is 10.2. The molecule has 3 N–H and O–H groups in total. The van der Waals surface area contributed by atoms with Crippen LogP contribution in [0, 0.1) is 0 Å². The van der Waals surface area contributed by atoms with Crippen LogP contribution in [0.5, 0.6) is 0 Å². The highest BCUT2D eigenvalue weighted by Gasteiger charge is 2.32. The molecular formula is C10H13F3N4O. The number of alkyl halides is 3. The Labute approximate surface area is 102 Å². The van der Waals surface area contributed by atoms with Gasteiger partial charge >= 0.3 is 6.18 Å². The maximum absolute atomic E-state index is 12.2. The Balaban J connectivity index is 2.33. The molecule has 0 bridgehead atoms. The Kier molecular flexibility index (Phi) is 4.87. The van der Waals surface area contributed by atoms with Crippen LogP contribution in [0.15, 0.2) is 12.1 Å². The Morgan fingerprint density at radius 3 is 2.50 bits per heavy atom. The standard InChI is InChI=1S/C10H13F3N4O/c11-10(12,13)7-4-5-9(17-16-7)15-6-2-1-3-8(14)18/h4-5H,1-3,6H2,(H2,14,18)(H,15,17). The molecule has 1 aromatic heterocycles. The summed E-state index contributed by atoms with van der Waals surface area (Å²) < 4.78 is 36.5. The highest BCUT2D eigenvalue weighted by molar-refractivity contribution is 5.73. The molecule has 1 aromatic rings. The van der Waals surface area contributed by atoms with E-state index in [0.29, 0.717) is 25.8 Å². The maximum atomic E-state index is 12.2. The molecule has 8 heteroatoms. The monoisotopic (exact) mass is 262 g/mol. The third kappa shape index (κ3) is 4.98. The summed E-state index contributed by atoms with van der Waals surface area (Å²) in [6.45, 7) is 0.493. The third-order valence-electron chi connectivity index (χ3n) is 2.11. The summed E-state index contributed by atoms with van der Waals surface area (Å²) in [5, 5.41) is 9.27. The first-order valence-corrected chi connectivity index (χ1v) is 5.32. The fourth-order valence-electron chi connectivity index (χ4n) is 1.22. The molecule has 0 aliphatic carbocycles. The average Bonchev–Trinajstić information content (AvgIpc) is 2.27. The summed E-state index contributed by atoms with van der Waals surface area (Å²) in [5.74, 6) is -0.105. The number of nitrogens with two attached hydrogens (primary N) is 1. The normalized spacial score (nSPS) is 11.3. The molecule has 1 rings (SSSR count). The van der Waals surface area contributed by atoms with Crippen LogP contribution in [0.25, 0.3) is 0 Å². The van der Waals surface area contributed by atoms with Crippen molar-refractivity contribution >= 4 is 11.7 Å². The average molecular weight is 262 g/mol. The molecule has 100 valence electrons. The van der Waals surface area contributed by atoms with Crippen molar-refractivity contribution in [2.75, 3.05) is 11.9 Å². The van der Waals surface area contributed by atoms with Gasteiger partial charge in [-0.05, 0) is 25.0 Å². The summed E-state index contributed by atoms with van der Waals surface area (Å²) in [6.07, 6.45) is -2.89. The van der Waals surface area contributed by atoms with Gasteiger partial charge in [0.15, 0.2) is 5.69 Å². The van der Waals surface area contributed by atoms with E-state index in [0.717, 1.165) is 6.07 Å². The van der Waals surface area contributed by atoms with Gasteiger partial charge in [-0.1, -0.05) is 0 Å². The minimum Gasteiger partial charge on any atom is -0.370 e. The molecule has 1 heterocycles. The van der Waals surface area contributed by atoms with E-state index in [1.54, 1.807) is 0 Å². The van der Waals surface area contributed by atoms with E-state index in [9.17, 15) is 18.0 Å². The molecule has 0 radical (unpaired) electrons. The van der Waals surface area contributed by atoms with Gasteiger partial charge in [0.1, 0.15) is 5.82 Å². The van der Waals surface area contributed by atoms with Gasteiger partial charge in [-0.2, -0.15) is 13.2 Å². The minimum absolute atomic E-state index is 0.266. The second-order valence-electron chi connectivity index (χ2n) is 3.65. The van der Waals surface area contributed by atoms with Crippen molar-refractivity contribution in [2.45, 2.75) is 25.4 Å². The zero-order valence-corrected chi connectivity index (χ0v) is 9.50. The van der Waals surface area contributed by atoms with Gasteiger partial charge in [-0.3, -0.25) is 4.79 Å². The predicted molar refractivity (Wildman–Crippen MR) is 58.6 cm³/mol.